The Morgan fingerprint density at radius 3 is 2.06 bits per heavy atom. The lowest BCUT2D eigenvalue weighted by Crippen LogP contribution is -2.41. The van der Waals surface area contributed by atoms with Gasteiger partial charge in [0.1, 0.15) is 0 Å². The first kappa shape index (κ1) is 13.2. The molecule has 2 heterocycles. The molecule has 1 aromatic rings. The fourth-order valence-corrected chi connectivity index (χ4v) is 1.57. The Labute approximate surface area is 106 Å². The second kappa shape index (κ2) is 4.14. The van der Waals surface area contributed by atoms with Crippen molar-refractivity contribution in [3.8, 4) is 0 Å². The first-order chi connectivity index (χ1) is 8.23. The molecule has 0 aromatic carbocycles. The molecule has 1 aliphatic heterocycles. The van der Waals surface area contributed by atoms with Gasteiger partial charge in [-0.3, -0.25) is 0 Å². The van der Waals surface area contributed by atoms with Crippen molar-refractivity contribution in [1.29, 1.82) is 0 Å². The van der Waals surface area contributed by atoms with E-state index in [9.17, 15) is 4.39 Å². The summed E-state index contributed by atoms with van der Waals surface area (Å²) in [5.74, 6) is -0.157. The van der Waals surface area contributed by atoms with E-state index in [0.717, 1.165) is 12.4 Å². The van der Waals surface area contributed by atoms with Gasteiger partial charge in [0.05, 0.1) is 23.6 Å². The quantitative estimate of drug-likeness (QED) is 0.755. The standard InChI is InChI=1S/C12H16BFN2O2/c1-8(10-15-6-9(14)7-16-10)13-17-11(2,3)12(4,5)18-13/h6-7H,1H2,2-5H3. The molecule has 18 heavy (non-hydrogen) atoms. The molecule has 0 amide bonds. The number of rotatable bonds is 2. The predicted octanol–water partition coefficient (Wildman–Crippen LogP) is 2.26. The summed E-state index contributed by atoms with van der Waals surface area (Å²) in [5, 5.41) is 0. The lowest BCUT2D eigenvalue weighted by Gasteiger charge is -2.32. The second-order valence-electron chi connectivity index (χ2n) is 5.34. The van der Waals surface area contributed by atoms with Crippen LogP contribution < -0.4 is 0 Å². The molecule has 1 saturated heterocycles. The van der Waals surface area contributed by atoms with Gasteiger partial charge in [0.15, 0.2) is 11.6 Å². The first-order valence-electron chi connectivity index (χ1n) is 5.75. The largest absolute Gasteiger partial charge is 0.498 e. The zero-order valence-electron chi connectivity index (χ0n) is 11.0. The van der Waals surface area contributed by atoms with E-state index < -0.39 is 24.1 Å². The molecule has 0 radical (unpaired) electrons. The minimum absolute atomic E-state index is 0.329. The zero-order valence-corrected chi connectivity index (χ0v) is 11.0. The molecule has 0 atom stereocenters. The molecule has 96 valence electrons. The van der Waals surface area contributed by atoms with Gasteiger partial charge in [0.2, 0.25) is 0 Å². The summed E-state index contributed by atoms with van der Waals surface area (Å²) >= 11 is 0. The minimum Gasteiger partial charge on any atom is -0.399 e. The van der Waals surface area contributed by atoms with Gasteiger partial charge in [-0.05, 0) is 27.7 Å². The number of aromatic nitrogens is 2. The third-order valence-corrected chi connectivity index (χ3v) is 3.45. The van der Waals surface area contributed by atoms with E-state index >= 15 is 0 Å². The Morgan fingerprint density at radius 1 is 1.17 bits per heavy atom. The van der Waals surface area contributed by atoms with E-state index in [2.05, 4.69) is 16.5 Å². The molecule has 0 bridgehead atoms. The van der Waals surface area contributed by atoms with Crippen molar-refractivity contribution in [3.05, 3.63) is 30.6 Å². The molecule has 4 nitrogen and oxygen atoms in total. The van der Waals surface area contributed by atoms with Crippen molar-refractivity contribution in [1.82, 2.24) is 9.97 Å². The molecular formula is C12H16BFN2O2. The van der Waals surface area contributed by atoms with Crippen LogP contribution in [-0.2, 0) is 9.31 Å². The number of halogens is 1. The third-order valence-electron chi connectivity index (χ3n) is 3.45. The maximum absolute atomic E-state index is 12.8. The fraction of sp³-hybridized carbons (Fsp3) is 0.500. The Balaban J connectivity index is 2.20. The Bertz CT molecular complexity index is 457. The summed E-state index contributed by atoms with van der Waals surface area (Å²) in [6.07, 6.45) is 2.19. The highest BCUT2D eigenvalue weighted by molar-refractivity contribution is 6.68. The van der Waals surface area contributed by atoms with Crippen LogP contribution in [0.3, 0.4) is 0 Å². The van der Waals surface area contributed by atoms with Gasteiger partial charge in [0.25, 0.3) is 0 Å². The summed E-state index contributed by atoms with van der Waals surface area (Å²) in [5.41, 5.74) is -0.394. The van der Waals surface area contributed by atoms with Crippen LogP contribution in [0.25, 0.3) is 5.47 Å². The van der Waals surface area contributed by atoms with Crippen LogP contribution in [0.4, 0.5) is 4.39 Å². The predicted molar refractivity (Wildman–Crippen MR) is 67.1 cm³/mol. The first-order valence-corrected chi connectivity index (χ1v) is 5.75. The van der Waals surface area contributed by atoms with Crippen molar-refractivity contribution in [2.45, 2.75) is 38.9 Å². The topological polar surface area (TPSA) is 44.2 Å². The van der Waals surface area contributed by atoms with Gasteiger partial charge in [-0.2, -0.15) is 0 Å². The molecule has 6 heteroatoms. The van der Waals surface area contributed by atoms with Gasteiger partial charge in [-0.1, -0.05) is 6.58 Å². The van der Waals surface area contributed by atoms with E-state index in [1.54, 1.807) is 0 Å². The normalized spacial score (nSPS) is 21.1. The highest BCUT2D eigenvalue weighted by Crippen LogP contribution is 2.39. The molecule has 1 fully saturated rings. The van der Waals surface area contributed by atoms with Crippen LogP contribution in [-0.4, -0.2) is 28.3 Å². The molecule has 0 unspecified atom stereocenters. The highest BCUT2D eigenvalue weighted by atomic mass is 19.1. The third kappa shape index (κ3) is 2.18. The Hall–Kier alpha value is -1.27. The van der Waals surface area contributed by atoms with E-state index in [1.807, 2.05) is 27.7 Å². The minimum atomic E-state index is -0.611. The number of hydrogen-bond acceptors (Lipinski definition) is 4. The van der Waals surface area contributed by atoms with Crippen molar-refractivity contribution in [2.75, 3.05) is 0 Å². The summed E-state index contributed by atoms with van der Waals surface area (Å²) in [6, 6.07) is 0. The summed E-state index contributed by atoms with van der Waals surface area (Å²) < 4.78 is 24.4. The fourth-order valence-electron chi connectivity index (χ4n) is 1.57. The average molecular weight is 250 g/mol. The monoisotopic (exact) mass is 250 g/mol. The number of hydrogen-bond donors (Lipinski definition) is 0. The number of nitrogens with zero attached hydrogens (tertiary/aromatic N) is 2. The van der Waals surface area contributed by atoms with Crippen LogP contribution in [0.15, 0.2) is 19.0 Å². The second-order valence-corrected chi connectivity index (χ2v) is 5.34. The van der Waals surface area contributed by atoms with Crippen molar-refractivity contribution in [2.24, 2.45) is 0 Å². The highest BCUT2D eigenvalue weighted by Gasteiger charge is 2.52. The molecule has 0 N–H and O–H groups in total. The smallest absolute Gasteiger partial charge is 0.399 e. The maximum Gasteiger partial charge on any atom is 0.498 e. The molecule has 1 aliphatic rings. The van der Waals surface area contributed by atoms with Gasteiger partial charge < -0.3 is 9.31 Å². The van der Waals surface area contributed by atoms with E-state index in [4.69, 9.17) is 9.31 Å². The van der Waals surface area contributed by atoms with Gasteiger partial charge >= 0.3 is 7.12 Å². The van der Waals surface area contributed by atoms with Crippen LogP contribution >= 0.6 is 0 Å². The Morgan fingerprint density at radius 2 is 1.61 bits per heavy atom. The molecule has 1 aromatic heterocycles. The van der Waals surface area contributed by atoms with Gasteiger partial charge in [0, 0.05) is 5.47 Å². The summed E-state index contributed by atoms with van der Waals surface area (Å²) in [4.78, 5) is 7.75. The maximum atomic E-state index is 12.8. The van der Waals surface area contributed by atoms with Crippen molar-refractivity contribution >= 4 is 12.6 Å². The van der Waals surface area contributed by atoms with Crippen LogP contribution in [0.5, 0.6) is 0 Å². The van der Waals surface area contributed by atoms with Crippen LogP contribution in [0, 0.1) is 5.82 Å². The summed E-state index contributed by atoms with van der Waals surface area (Å²) in [6.45, 7) is 11.7. The van der Waals surface area contributed by atoms with E-state index in [1.165, 1.54) is 0 Å². The summed E-state index contributed by atoms with van der Waals surface area (Å²) in [7, 11) is -0.611. The van der Waals surface area contributed by atoms with E-state index in [0.29, 0.717) is 11.3 Å². The molecule has 0 saturated carbocycles. The zero-order chi connectivity index (χ0) is 13.6. The van der Waals surface area contributed by atoms with Crippen molar-refractivity contribution in [3.63, 3.8) is 0 Å². The molecule has 0 spiro atoms. The van der Waals surface area contributed by atoms with Crippen LogP contribution in [0.2, 0.25) is 0 Å². The lowest BCUT2D eigenvalue weighted by atomic mass is 9.79. The van der Waals surface area contributed by atoms with E-state index in [-0.39, 0.29) is 0 Å². The van der Waals surface area contributed by atoms with Crippen LogP contribution in [0.1, 0.15) is 33.5 Å². The van der Waals surface area contributed by atoms with Gasteiger partial charge in [-0.15, -0.1) is 0 Å². The average Bonchev–Trinajstić information content (AvgIpc) is 2.48. The Kier molecular flexibility index (Phi) is 3.03. The van der Waals surface area contributed by atoms with Gasteiger partial charge in [-0.25, -0.2) is 14.4 Å². The molecular weight excluding hydrogens is 234 g/mol. The molecule has 0 aliphatic carbocycles. The van der Waals surface area contributed by atoms with Crippen molar-refractivity contribution < 1.29 is 13.7 Å². The SMILES string of the molecule is C=C(B1OC(C)(C)C(C)(C)O1)c1ncc(F)cn1. The molecule has 2 rings (SSSR count). The lowest BCUT2D eigenvalue weighted by molar-refractivity contribution is 0.00578.